The Morgan fingerprint density at radius 3 is 2.68 bits per heavy atom. The van der Waals surface area contributed by atoms with Crippen molar-refractivity contribution < 1.29 is 19.1 Å². The van der Waals surface area contributed by atoms with Crippen molar-refractivity contribution >= 4 is 11.9 Å². The van der Waals surface area contributed by atoms with E-state index in [1.807, 2.05) is 7.05 Å². The molecule has 0 aromatic carbocycles. The molecule has 2 aliphatic heterocycles. The lowest BCUT2D eigenvalue weighted by atomic mass is 9.84. The van der Waals surface area contributed by atoms with Gasteiger partial charge in [0.1, 0.15) is 5.60 Å². The fraction of sp³-hybridized carbons (Fsp3) is 0.875. The van der Waals surface area contributed by atoms with Gasteiger partial charge in [-0.3, -0.25) is 14.5 Å². The van der Waals surface area contributed by atoms with Gasteiger partial charge < -0.3 is 14.4 Å². The Kier molecular flexibility index (Phi) is 4.68. The highest BCUT2D eigenvalue weighted by atomic mass is 16.6. The van der Waals surface area contributed by atoms with Crippen LogP contribution in [0.5, 0.6) is 0 Å². The third-order valence-electron chi connectivity index (χ3n) is 5.30. The fourth-order valence-electron chi connectivity index (χ4n) is 3.92. The molecule has 0 N–H and O–H groups in total. The first kappa shape index (κ1) is 15.7. The second-order valence-electron chi connectivity index (χ2n) is 6.72. The summed E-state index contributed by atoms with van der Waals surface area (Å²) in [6.07, 6.45) is 4.03. The highest BCUT2D eigenvalue weighted by Crippen LogP contribution is 2.46. The molecule has 0 radical (unpaired) electrons. The number of ether oxygens (including phenoxy) is 2. The number of esters is 1. The molecule has 0 aromatic rings. The number of likely N-dealkylation sites (N-methyl/N-ethyl adjacent to an activating group) is 1. The van der Waals surface area contributed by atoms with Crippen LogP contribution in [-0.2, 0) is 19.1 Å². The molecule has 0 bridgehead atoms. The minimum Gasteiger partial charge on any atom is -0.458 e. The molecule has 0 aromatic heterocycles. The van der Waals surface area contributed by atoms with E-state index in [0.29, 0.717) is 6.54 Å². The molecule has 22 heavy (non-hydrogen) atoms. The predicted molar refractivity (Wildman–Crippen MR) is 80.3 cm³/mol. The summed E-state index contributed by atoms with van der Waals surface area (Å²) in [5, 5.41) is 0. The first-order valence-electron chi connectivity index (χ1n) is 8.38. The number of carbonyl (C=O) groups excluding carboxylic acids is 2. The van der Waals surface area contributed by atoms with Crippen LogP contribution in [-0.4, -0.2) is 73.7 Å². The Hall–Kier alpha value is -1.14. The second kappa shape index (κ2) is 6.54. The molecule has 3 rings (SSSR count). The number of nitrogens with zero attached hydrogens (tertiary/aromatic N) is 2. The Balaban J connectivity index is 1.56. The summed E-state index contributed by atoms with van der Waals surface area (Å²) in [6.45, 7) is 4.95. The van der Waals surface area contributed by atoms with Gasteiger partial charge in [-0.2, -0.15) is 0 Å². The number of rotatable bonds is 4. The number of carbonyl (C=O) groups is 2. The van der Waals surface area contributed by atoms with E-state index < -0.39 is 5.60 Å². The van der Waals surface area contributed by atoms with Crippen molar-refractivity contribution in [3.63, 3.8) is 0 Å². The zero-order chi connectivity index (χ0) is 15.6. The molecule has 1 atom stereocenters. The van der Waals surface area contributed by atoms with E-state index in [-0.39, 0.29) is 24.2 Å². The van der Waals surface area contributed by atoms with Crippen molar-refractivity contribution in [2.24, 2.45) is 5.92 Å². The van der Waals surface area contributed by atoms with Gasteiger partial charge >= 0.3 is 5.97 Å². The van der Waals surface area contributed by atoms with E-state index in [1.165, 1.54) is 0 Å². The molecule has 1 spiro atoms. The predicted octanol–water partition coefficient (Wildman–Crippen LogP) is 0.653. The molecule has 2 saturated heterocycles. The molecule has 3 fully saturated rings. The van der Waals surface area contributed by atoms with Gasteiger partial charge in [0.15, 0.2) is 0 Å². The van der Waals surface area contributed by atoms with Gasteiger partial charge in [-0.15, -0.1) is 0 Å². The number of amides is 1. The molecular weight excluding hydrogens is 284 g/mol. The minimum absolute atomic E-state index is 0.0704. The maximum Gasteiger partial charge on any atom is 0.307 e. The summed E-state index contributed by atoms with van der Waals surface area (Å²) in [7, 11) is 1.84. The third kappa shape index (κ3) is 3.13. The largest absolute Gasteiger partial charge is 0.458 e. The van der Waals surface area contributed by atoms with E-state index in [1.54, 1.807) is 4.90 Å². The normalized spacial score (nSPS) is 28.0. The molecule has 6 nitrogen and oxygen atoms in total. The topological polar surface area (TPSA) is 59.1 Å². The number of hydrogen-bond donors (Lipinski definition) is 0. The van der Waals surface area contributed by atoms with Crippen LogP contribution in [0.3, 0.4) is 0 Å². The van der Waals surface area contributed by atoms with Crippen LogP contribution in [0.15, 0.2) is 0 Å². The fourth-order valence-corrected chi connectivity index (χ4v) is 3.92. The lowest BCUT2D eigenvalue weighted by Crippen LogP contribution is -2.46. The van der Waals surface area contributed by atoms with Gasteiger partial charge in [0.25, 0.3) is 0 Å². The lowest BCUT2D eigenvalue weighted by molar-refractivity contribution is -0.151. The quantitative estimate of drug-likeness (QED) is 0.714. The zero-order valence-electron chi connectivity index (χ0n) is 13.4. The Labute approximate surface area is 131 Å². The summed E-state index contributed by atoms with van der Waals surface area (Å²) in [5.41, 5.74) is -0.499. The molecule has 3 aliphatic rings. The van der Waals surface area contributed by atoms with Gasteiger partial charge in [-0.05, 0) is 25.7 Å². The van der Waals surface area contributed by atoms with E-state index in [2.05, 4.69) is 4.90 Å². The van der Waals surface area contributed by atoms with Crippen LogP contribution in [0.4, 0.5) is 0 Å². The molecular formula is C16H26N2O4. The lowest BCUT2D eigenvalue weighted by Gasteiger charge is -2.32. The average Bonchev–Trinajstić information content (AvgIpc) is 3.12. The molecule has 6 heteroatoms. The van der Waals surface area contributed by atoms with Gasteiger partial charge in [-0.25, -0.2) is 0 Å². The second-order valence-corrected chi connectivity index (χ2v) is 6.72. The summed E-state index contributed by atoms with van der Waals surface area (Å²) >= 11 is 0. The van der Waals surface area contributed by atoms with Crippen LogP contribution in [0.2, 0.25) is 0 Å². The number of hydrogen-bond acceptors (Lipinski definition) is 5. The van der Waals surface area contributed by atoms with E-state index in [4.69, 9.17) is 9.47 Å². The molecule has 1 aliphatic carbocycles. The summed E-state index contributed by atoms with van der Waals surface area (Å²) in [4.78, 5) is 28.6. The summed E-state index contributed by atoms with van der Waals surface area (Å²) in [5.74, 6) is -0.417. The highest BCUT2D eigenvalue weighted by molar-refractivity contribution is 5.87. The van der Waals surface area contributed by atoms with Crippen molar-refractivity contribution in [1.29, 1.82) is 0 Å². The number of morpholine rings is 1. The third-order valence-corrected chi connectivity index (χ3v) is 5.30. The van der Waals surface area contributed by atoms with Crippen LogP contribution in [0.25, 0.3) is 0 Å². The standard InChI is InChI=1S/C16H26N2O4/c1-17(6-7-18-8-10-21-11-9-18)15(20)13-12-14(19)22-16(13)4-2-3-5-16/h13H,2-12H2,1H3/t13-/m1/s1. The van der Waals surface area contributed by atoms with E-state index in [9.17, 15) is 9.59 Å². The first-order valence-corrected chi connectivity index (χ1v) is 8.38. The van der Waals surface area contributed by atoms with Gasteiger partial charge in [0.2, 0.25) is 5.91 Å². The van der Waals surface area contributed by atoms with Crippen LogP contribution in [0, 0.1) is 5.92 Å². The molecule has 124 valence electrons. The molecule has 1 saturated carbocycles. The Bertz CT molecular complexity index is 428. The van der Waals surface area contributed by atoms with Crippen LogP contribution in [0.1, 0.15) is 32.1 Å². The first-order chi connectivity index (χ1) is 10.6. The van der Waals surface area contributed by atoms with Crippen molar-refractivity contribution in [2.75, 3.05) is 46.4 Å². The smallest absolute Gasteiger partial charge is 0.307 e. The van der Waals surface area contributed by atoms with Gasteiger partial charge in [0, 0.05) is 33.2 Å². The van der Waals surface area contributed by atoms with E-state index in [0.717, 1.165) is 58.5 Å². The van der Waals surface area contributed by atoms with E-state index >= 15 is 0 Å². The minimum atomic E-state index is -0.499. The SMILES string of the molecule is CN(CCN1CCOCC1)C(=O)[C@H]1CC(=O)OC12CCCC2. The maximum absolute atomic E-state index is 12.8. The van der Waals surface area contributed by atoms with Gasteiger partial charge in [0.05, 0.1) is 25.6 Å². The molecule has 0 unspecified atom stereocenters. The van der Waals surface area contributed by atoms with Crippen molar-refractivity contribution in [3.05, 3.63) is 0 Å². The monoisotopic (exact) mass is 310 g/mol. The maximum atomic E-state index is 12.8. The molecule has 2 heterocycles. The van der Waals surface area contributed by atoms with Crippen molar-refractivity contribution in [1.82, 2.24) is 9.80 Å². The van der Waals surface area contributed by atoms with Crippen molar-refractivity contribution in [2.45, 2.75) is 37.7 Å². The average molecular weight is 310 g/mol. The van der Waals surface area contributed by atoms with Crippen molar-refractivity contribution in [3.8, 4) is 0 Å². The Morgan fingerprint density at radius 2 is 2.00 bits per heavy atom. The van der Waals surface area contributed by atoms with Gasteiger partial charge in [-0.1, -0.05) is 0 Å². The van der Waals surface area contributed by atoms with Crippen LogP contribution >= 0.6 is 0 Å². The molecule has 1 amide bonds. The summed E-state index contributed by atoms with van der Waals surface area (Å²) < 4.78 is 10.9. The Morgan fingerprint density at radius 1 is 1.32 bits per heavy atom. The highest BCUT2D eigenvalue weighted by Gasteiger charge is 2.54. The van der Waals surface area contributed by atoms with Crippen LogP contribution < -0.4 is 0 Å². The zero-order valence-corrected chi connectivity index (χ0v) is 13.4. The summed E-state index contributed by atoms with van der Waals surface area (Å²) in [6, 6.07) is 0.